The van der Waals surface area contributed by atoms with E-state index in [1.54, 1.807) is 6.20 Å². The van der Waals surface area contributed by atoms with Crippen LogP contribution in [0.1, 0.15) is 0 Å². The predicted octanol–water partition coefficient (Wildman–Crippen LogP) is 1.91. The lowest BCUT2D eigenvalue weighted by Crippen LogP contribution is -1.80. The molecule has 0 amide bonds. The fourth-order valence-electron chi connectivity index (χ4n) is 1.49. The molecule has 0 saturated carbocycles. The van der Waals surface area contributed by atoms with Gasteiger partial charge in [0.2, 0.25) is 0 Å². The number of rotatable bonds is 0. The molecule has 3 nitrogen and oxygen atoms in total. The van der Waals surface area contributed by atoms with E-state index in [4.69, 9.17) is 0 Å². The van der Waals surface area contributed by atoms with Crippen molar-refractivity contribution in [2.75, 3.05) is 0 Å². The highest BCUT2D eigenvalue weighted by Gasteiger charge is 1.98. The average molecular weight is 168 g/mol. The lowest BCUT2D eigenvalue weighted by atomic mass is 10.2. The third-order valence-electron chi connectivity index (χ3n) is 2.13. The second-order valence-electron chi connectivity index (χ2n) is 2.95. The summed E-state index contributed by atoms with van der Waals surface area (Å²) in [6.07, 6.45) is 6.27. The number of nitrogens with one attached hydrogen (secondary N) is 1. The molecule has 3 rings (SSSR count). The standard InChI is InChI=1S/C10H6N3/c1-2-12-9-4-8-5-11-6-13-10(8)3-7(1)9/h1-5,12H. The highest BCUT2D eigenvalue weighted by Crippen LogP contribution is 2.18. The molecular weight excluding hydrogens is 162 g/mol. The Hall–Kier alpha value is -1.90. The van der Waals surface area contributed by atoms with E-state index in [-0.39, 0.29) is 0 Å². The molecule has 3 heteroatoms. The van der Waals surface area contributed by atoms with Gasteiger partial charge in [-0.05, 0) is 18.2 Å². The largest absolute Gasteiger partial charge is 0.361 e. The van der Waals surface area contributed by atoms with Gasteiger partial charge in [-0.2, -0.15) is 0 Å². The SMILES string of the molecule is [c]1ncc2cc3[nH]ccc3cc2n1. The number of aromatic nitrogens is 3. The van der Waals surface area contributed by atoms with E-state index in [9.17, 15) is 0 Å². The fourth-order valence-corrected chi connectivity index (χ4v) is 1.49. The Balaban J connectivity index is 2.57. The number of hydrogen-bond acceptors (Lipinski definition) is 2. The minimum atomic E-state index is 0.933. The summed E-state index contributed by atoms with van der Waals surface area (Å²) < 4.78 is 0. The summed E-state index contributed by atoms with van der Waals surface area (Å²) in [5, 5.41) is 2.20. The van der Waals surface area contributed by atoms with Gasteiger partial charge in [-0.3, -0.25) is 0 Å². The van der Waals surface area contributed by atoms with Crippen molar-refractivity contribution >= 4 is 21.8 Å². The van der Waals surface area contributed by atoms with Crippen molar-refractivity contribution in [1.29, 1.82) is 0 Å². The van der Waals surface area contributed by atoms with Crippen LogP contribution in [0.2, 0.25) is 0 Å². The average Bonchev–Trinajstić information content (AvgIpc) is 2.61. The fraction of sp³-hybridized carbons (Fsp3) is 0. The van der Waals surface area contributed by atoms with Gasteiger partial charge in [0.05, 0.1) is 5.52 Å². The zero-order valence-electron chi connectivity index (χ0n) is 6.78. The first kappa shape index (κ1) is 6.60. The van der Waals surface area contributed by atoms with Crippen LogP contribution >= 0.6 is 0 Å². The Labute approximate surface area is 74.4 Å². The maximum absolute atomic E-state index is 4.06. The van der Waals surface area contributed by atoms with Crippen molar-refractivity contribution < 1.29 is 0 Å². The van der Waals surface area contributed by atoms with Crippen LogP contribution < -0.4 is 0 Å². The predicted molar refractivity (Wildman–Crippen MR) is 50.2 cm³/mol. The molecule has 2 aromatic heterocycles. The number of fused-ring (bicyclic) bond motifs is 2. The Bertz CT molecular complexity index is 519. The summed E-state index contributed by atoms with van der Waals surface area (Å²) in [6.45, 7) is 0. The van der Waals surface area contributed by atoms with Crippen molar-refractivity contribution in [1.82, 2.24) is 15.0 Å². The Morgan fingerprint density at radius 1 is 1.23 bits per heavy atom. The normalized spacial score (nSPS) is 11.1. The molecule has 0 aliphatic rings. The summed E-state index contributed by atoms with van der Waals surface area (Å²) in [4.78, 5) is 11.1. The molecule has 0 spiro atoms. The molecule has 61 valence electrons. The van der Waals surface area contributed by atoms with Gasteiger partial charge >= 0.3 is 0 Å². The first-order valence-electron chi connectivity index (χ1n) is 4.03. The molecule has 0 saturated heterocycles. The molecule has 13 heavy (non-hydrogen) atoms. The molecule has 1 aromatic carbocycles. The van der Waals surface area contributed by atoms with Gasteiger partial charge in [0, 0.05) is 28.7 Å². The Morgan fingerprint density at radius 2 is 2.23 bits per heavy atom. The topological polar surface area (TPSA) is 41.6 Å². The molecule has 1 radical (unpaired) electrons. The van der Waals surface area contributed by atoms with Gasteiger partial charge in [-0.15, -0.1) is 0 Å². The molecule has 3 aromatic rings. The van der Waals surface area contributed by atoms with Gasteiger partial charge < -0.3 is 4.98 Å². The minimum absolute atomic E-state index is 0.933. The lowest BCUT2D eigenvalue weighted by Gasteiger charge is -1.94. The van der Waals surface area contributed by atoms with Crippen molar-refractivity contribution in [3.63, 3.8) is 0 Å². The number of aromatic amines is 1. The number of nitrogens with zero attached hydrogens (tertiary/aromatic N) is 2. The van der Waals surface area contributed by atoms with E-state index in [0.717, 1.165) is 16.4 Å². The van der Waals surface area contributed by atoms with Gasteiger partial charge in [0.15, 0.2) is 6.33 Å². The number of benzene rings is 1. The van der Waals surface area contributed by atoms with Crippen LogP contribution in [0, 0.1) is 6.33 Å². The second-order valence-corrected chi connectivity index (χ2v) is 2.95. The van der Waals surface area contributed by atoms with Crippen LogP contribution in [-0.4, -0.2) is 15.0 Å². The van der Waals surface area contributed by atoms with Crippen LogP contribution in [0.15, 0.2) is 30.6 Å². The molecule has 0 unspecified atom stereocenters. The van der Waals surface area contributed by atoms with Crippen LogP contribution in [0.5, 0.6) is 0 Å². The summed E-state index contributed by atoms with van der Waals surface area (Å²) >= 11 is 0. The van der Waals surface area contributed by atoms with E-state index in [1.165, 1.54) is 5.39 Å². The molecule has 0 bridgehead atoms. The van der Waals surface area contributed by atoms with Crippen molar-refractivity contribution in [2.24, 2.45) is 0 Å². The smallest absolute Gasteiger partial charge is 0.198 e. The molecular formula is C10H6N3. The van der Waals surface area contributed by atoms with Crippen molar-refractivity contribution in [2.45, 2.75) is 0 Å². The molecule has 2 heterocycles. The van der Waals surface area contributed by atoms with Gasteiger partial charge in [0.1, 0.15) is 0 Å². The van der Waals surface area contributed by atoms with Gasteiger partial charge in [-0.25, -0.2) is 9.97 Å². The third-order valence-corrected chi connectivity index (χ3v) is 2.13. The third kappa shape index (κ3) is 0.902. The molecule has 0 atom stereocenters. The van der Waals surface area contributed by atoms with Crippen LogP contribution in [0.25, 0.3) is 21.8 Å². The van der Waals surface area contributed by atoms with Crippen LogP contribution in [0.3, 0.4) is 0 Å². The van der Waals surface area contributed by atoms with Gasteiger partial charge in [-0.1, -0.05) is 0 Å². The summed E-state index contributed by atoms with van der Waals surface area (Å²) in [7, 11) is 0. The van der Waals surface area contributed by atoms with Crippen LogP contribution in [-0.2, 0) is 0 Å². The zero-order chi connectivity index (χ0) is 8.67. The van der Waals surface area contributed by atoms with Crippen molar-refractivity contribution in [3.05, 3.63) is 36.9 Å². The highest BCUT2D eigenvalue weighted by atomic mass is 14.8. The van der Waals surface area contributed by atoms with E-state index < -0.39 is 0 Å². The molecule has 1 N–H and O–H groups in total. The zero-order valence-corrected chi connectivity index (χ0v) is 6.78. The van der Waals surface area contributed by atoms with Crippen molar-refractivity contribution in [3.8, 4) is 0 Å². The number of hydrogen-bond donors (Lipinski definition) is 1. The monoisotopic (exact) mass is 168 g/mol. The maximum Gasteiger partial charge on any atom is 0.198 e. The first-order chi connectivity index (χ1) is 6.43. The Morgan fingerprint density at radius 3 is 3.23 bits per heavy atom. The quantitative estimate of drug-likeness (QED) is 0.557. The van der Waals surface area contributed by atoms with E-state index in [0.29, 0.717) is 0 Å². The lowest BCUT2D eigenvalue weighted by molar-refractivity contribution is 1.20. The second kappa shape index (κ2) is 2.29. The Kier molecular flexibility index (Phi) is 1.16. The minimum Gasteiger partial charge on any atom is -0.361 e. The number of H-pyrrole nitrogens is 1. The molecule has 0 aliphatic carbocycles. The molecule has 0 aliphatic heterocycles. The van der Waals surface area contributed by atoms with E-state index in [1.807, 2.05) is 24.4 Å². The summed E-state index contributed by atoms with van der Waals surface area (Å²) in [5.41, 5.74) is 2.05. The van der Waals surface area contributed by atoms with Gasteiger partial charge in [0.25, 0.3) is 0 Å². The van der Waals surface area contributed by atoms with Crippen LogP contribution in [0.4, 0.5) is 0 Å². The summed E-state index contributed by atoms with van der Waals surface area (Å²) in [5.74, 6) is 0. The first-order valence-corrected chi connectivity index (χ1v) is 4.03. The summed E-state index contributed by atoms with van der Waals surface area (Å²) in [6, 6.07) is 6.09. The molecule has 0 fully saturated rings. The highest BCUT2D eigenvalue weighted by molar-refractivity contribution is 5.94. The van der Waals surface area contributed by atoms with E-state index in [2.05, 4.69) is 21.3 Å². The van der Waals surface area contributed by atoms with E-state index >= 15 is 0 Å². The maximum atomic E-state index is 4.06.